The Morgan fingerprint density at radius 3 is 2.50 bits per heavy atom. The van der Waals surface area contributed by atoms with Gasteiger partial charge in [0.25, 0.3) is 11.5 Å². The molecule has 0 bridgehead atoms. The van der Waals surface area contributed by atoms with Crippen LogP contribution >= 0.6 is 0 Å². The Morgan fingerprint density at radius 2 is 1.74 bits per heavy atom. The predicted molar refractivity (Wildman–Crippen MR) is 129 cm³/mol. The van der Waals surface area contributed by atoms with E-state index in [4.69, 9.17) is 9.72 Å². The molecule has 1 saturated heterocycles. The molecule has 174 valence electrons. The smallest absolute Gasteiger partial charge is 0.274 e. The van der Waals surface area contributed by atoms with Crippen LogP contribution in [-0.4, -0.2) is 43.2 Å². The molecular formula is C26H27N5O3. The van der Waals surface area contributed by atoms with Crippen molar-refractivity contribution in [2.45, 2.75) is 26.0 Å². The lowest BCUT2D eigenvalue weighted by molar-refractivity contribution is 0.0674. The van der Waals surface area contributed by atoms with Gasteiger partial charge >= 0.3 is 0 Å². The number of carbonyl (C=O) groups is 1. The van der Waals surface area contributed by atoms with Crippen molar-refractivity contribution in [2.24, 2.45) is 13.0 Å². The van der Waals surface area contributed by atoms with Crippen LogP contribution < -0.4 is 10.3 Å². The van der Waals surface area contributed by atoms with Gasteiger partial charge in [-0.25, -0.2) is 9.67 Å². The number of rotatable bonds is 6. The van der Waals surface area contributed by atoms with Crippen molar-refractivity contribution >= 4 is 16.9 Å². The quantitative estimate of drug-likeness (QED) is 0.444. The highest BCUT2D eigenvalue weighted by Crippen LogP contribution is 2.25. The molecule has 2 aromatic carbocycles. The molecule has 0 unspecified atom stereocenters. The van der Waals surface area contributed by atoms with Gasteiger partial charge in [-0.3, -0.25) is 9.59 Å². The van der Waals surface area contributed by atoms with Gasteiger partial charge in [-0.2, -0.15) is 5.10 Å². The minimum atomic E-state index is -0.227. The number of hydrogen-bond acceptors (Lipinski definition) is 5. The normalized spacial score (nSPS) is 14.4. The van der Waals surface area contributed by atoms with E-state index < -0.39 is 0 Å². The number of hydrogen-bond donors (Lipinski definition) is 0. The van der Waals surface area contributed by atoms with Crippen LogP contribution in [0.25, 0.3) is 11.0 Å². The number of carbonyl (C=O) groups excluding carboxylic acids is 1. The highest BCUT2D eigenvalue weighted by Gasteiger charge is 2.26. The fourth-order valence-electron chi connectivity index (χ4n) is 4.46. The molecule has 0 spiro atoms. The summed E-state index contributed by atoms with van der Waals surface area (Å²) in [5.74, 6) is 2.02. The van der Waals surface area contributed by atoms with Gasteiger partial charge in [0.15, 0.2) is 0 Å². The van der Waals surface area contributed by atoms with E-state index in [9.17, 15) is 9.59 Å². The molecule has 0 atom stereocenters. The molecule has 1 fully saturated rings. The monoisotopic (exact) mass is 457 g/mol. The maximum Gasteiger partial charge on any atom is 0.274 e. The number of nitrogens with zero attached hydrogens (tertiary/aromatic N) is 5. The molecule has 1 aliphatic heterocycles. The summed E-state index contributed by atoms with van der Waals surface area (Å²) in [6, 6.07) is 20.8. The zero-order valence-corrected chi connectivity index (χ0v) is 19.1. The maximum absolute atomic E-state index is 12.9. The summed E-state index contributed by atoms with van der Waals surface area (Å²) in [7, 11) is 1.56. The molecule has 34 heavy (non-hydrogen) atoms. The molecule has 1 aliphatic rings. The third kappa shape index (κ3) is 4.57. The Bertz CT molecular complexity index is 1350. The number of ether oxygens (including phenoxy) is 1. The van der Waals surface area contributed by atoms with E-state index >= 15 is 0 Å². The van der Waals surface area contributed by atoms with Crippen LogP contribution in [0.1, 0.15) is 29.2 Å². The van der Waals surface area contributed by atoms with Crippen molar-refractivity contribution in [3.05, 3.63) is 88.6 Å². The first kappa shape index (κ1) is 21.9. The minimum Gasteiger partial charge on any atom is -0.486 e. The Labute approximate surface area is 197 Å². The Hall–Kier alpha value is -3.94. The number of piperidine rings is 1. The van der Waals surface area contributed by atoms with Crippen molar-refractivity contribution < 1.29 is 9.53 Å². The first-order valence-corrected chi connectivity index (χ1v) is 11.5. The van der Waals surface area contributed by atoms with Crippen LogP contribution in [0.3, 0.4) is 0 Å². The van der Waals surface area contributed by atoms with Gasteiger partial charge in [0.05, 0.1) is 11.0 Å². The fraction of sp³-hybridized carbons (Fsp3) is 0.308. The molecule has 0 N–H and O–H groups in total. The first-order valence-electron chi connectivity index (χ1n) is 11.5. The lowest BCUT2D eigenvalue weighted by Gasteiger charge is -2.32. The standard InChI is InChI=1S/C26H27N5O3/c1-29-25(32)12-11-22(28-29)26(33)30-15-13-19(14-16-30)17-31-23-10-6-5-9-21(23)27-24(31)18-34-20-7-3-2-4-8-20/h2-12,19H,13-18H2,1H3. The Balaban J connectivity index is 1.28. The van der Waals surface area contributed by atoms with E-state index in [1.165, 1.54) is 16.8 Å². The first-order chi connectivity index (χ1) is 16.6. The van der Waals surface area contributed by atoms with Gasteiger partial charge in [-0.1, -0.05) is 30.3 Å². The molecule has 8 heteroatoms. The van der Waals surface area contributed by atoms with Crippen LogP contribution in [0.4, 0.5) is 0 Å². The van der Waals surface area contributed by atoms with E-state index in [1.807, 2.05) is 53.4 Å². The minimum absolute atomic E-state index is 0.126. The van der Waals surface area contributed by atoms with E-state index in [0.717, 1.165) is 42.0 Å². The van der Waals surface area contributed by atoms with Gasteiger partial charge in [0.2, 0.25) is 0 Å². The summed E-state index contributed by atoms with van der Waals surface area (Å²) >= 11 is 0. The number of benzene rings is 2. The van der Waals surface area contributed by atoms with Crippen LogP contribution in [-0.2, 0) is 20.2 Å². The van der Waals surface area contributed by atoms with Crippen LogP contribution in [0.2, 0.25) is 0 Å². The van der Waals surface area contributed by atoms with Crippen LogP contribution in [0.15, 0.2) is 71.5 Å². The van der Waals surface area contributed by atoms with Crippen LogP contribution in [0, 0.1) is 5.92 Å². The molecule has 3 heterocycles. The number of aryl methyl sites for hydroxylation is 1. The molecule has 8 nitrogen and oxygen atoms in total. The third-order valence-electron chi connectivity index (χ3n) is 6.37. The SMILES string of the molecule is Cn1nc(C(=O)N2CCC(Cn3c(COc4ccccc4)nc4ccccc43)CC2)ccc1=O. The molecule has 0 aliphatic carbocycles. The fourth-order valence-corrected chi connectivity index (χ4v) is 4.46. The summed E-state index contributed by atoms with van der Waals surface area (Å²) in [6.07, 6.45) is 1.78. The van der Waals surface area contributed by atoms with Crippen molar-refractivity contribution in [1.29, 1.82) is 0 Å². The van der Waals surface area contributed by atoms with Crippen molar-refractivity contribution in [2.75, 3.05) is 13.1 Å². The van der Waals surface area contributed by atoms with Crippen molar-refractivity contribution in [1.82, 2.24) is 24.2 Å². The highest BCUT2D eigenvalue weighted by molar-refractivity contribution is 5.92. The molecule has 2 aromatic heterocycles. The van der Waals surface area contributed by atoms with E-state index in [2.05, 4.69) is 15.7 Å². The maximum atomic E-state index is 12.9. The number of fused-ring (bicyclic) bond motifs is 1. The molecular weight excluding hydrogens is 430 g/mol. The van der Waals surface area contributed by atoms with Crippen molar-refractivity contribution in [3.63, 3.8) is 0 Å². The zero-order chi connectivity index (χ0) is 23.5. The summed E-state index contributed by atoms with van der Waals surface area (Å²) in [5, 5.41) is 4.11. The summed E-state index contributed by atoms with van der Waals surface area (Å²) in [6.45, 7) is 2.55. The average Bonchev–Trinajstić information content (AvgIpc) is 3.22. The van der Waals surface area contributed by atoms with E-state index in [-0.39, 0.29) is 11.5 Å². The van der Waals surface area contributed by atoms with Gasteiger partial charge in [0.1, 0.15) is 23.9 Å². The summed E-state index contributed by atoms with van der Waals surface area (Å²) in [4.78, 5) is 31.1. The second-order valence-corrected chi connectivity index (χ2v) is 8.65. The molecule has 0 radical (unpaired) electrons. The number of para-hydroxylation sites is 3. The molecule has 4 aromatic rings. The second-order valence-electron chi connectivity index (χ2n) is 8.65. The Kier molecular flexibility index (Phi) is 6.12. The predicted octanol–water partition coefficient (Wildman–Crippen LogP) is 3.26. The van der Waals surface area contributed by atoms with E-state index in [0.29, 0.717) is 31.3 Å². The number of imidazole rings is 1. The summed E-state index contributed by atoms with van der Waals surface area (Å²) < 4.78 is 9.46. The summed E-state index contributed by atoms with van der Waals surface area (Å²) in [5.41, 5.74) is 2.14. The zero-order valence-electron chi connectivity index (χ0n) is 19.1. The molecule has 5 rings (SSSR count). The number of likely N-dealkylation sites (tertiary alicyclic amines) is 1. The largest absolute Gasteiger partial charge is 0.486 e. The number of amides is 1. The number of aromatic nitrogens is 4. The van der Waals surface area contributed by atoms with Gasteiger partial charge < -0.3 is 14.2 Å². The lowest BCUT2D eigenvalue weighted by Crippen LogP contribution is -2.40. The van der Waals surface area contributed by atoms with Gasteiger partial charge in [-0.15, -0.1) is 0 Å². The lowest BCUT2D eigenvalue weighted by atomic mass is 9.96. The van der Waals surface area contributed by atoms with Gasteiger partial charge in [0, 0.05) is 32.7 Å². The highest BCUT2D eigenvalue weighted by atomic mass is 16.5. The van der Waals surface area contributed by atoms with E-state index in [1.54, 1.807) is 7.05 Å². The Morgan fingerprint density at radius 1 is 1.00 bits per heavy atom. The second kappa shape index (κ2) is 9.51. The molecule has 1 amide bonds. The third-order valence-corrected chi connectivity index (χ3v) is 6.37. The van der Waals surface area contributed by atoms with Crippen molar-refractivity contribution in [3.8, 4) is 5.75 Å². The van der Waals surface area contributed by atoms with Gasteiger partial charge in [-0.05, 0) is 49.1 Å². The average molecular weight is 458 g/mol. The van der Waals surface area contributed by atoms with Crippen LogP contribution in [0.5, 0.6) is 5.75 Å². The topological polar surface area (TPSA) is 82.2 Å². The molecule has 0 saturated carbocycles.